The molecular weight excluding hydrogens is 316 g/mol. The standard InChI is InChI=1S/C18H24N6O/c1-21(2)15-6-4-5-7-16(15)24(14-25)18-9-8-17(19-20-18)23-12-10-22(3)11-13-23/h4-9,14H,10-13H2,1-3H3. The van der Waals surface area contributed by atoms with Crippen LogP contribution in [0.25, 0.3) is 0 Å². The second-order valence-corrected chi connectivity index (χ2v) is 6.40. The first-order chi connectivity index (χ1) is 12.1. The average Bonchev–Trinajstić information content (AvgIpc) is 2.64. The molecule has 0 aliphatic carbocycles. The lowest BCUT2D eigenvalue weighted by atomic mass is 10.2. The molecule has 7 nitrogen and oxygen atoms in total. The summed E-state index contributed by atoms with van der Waals surface area (Å²) in [5.41, 5.74) is 1.73. The zero-order valence-corrected chi connectivity index (χ0v) is 15.0. The molecule has 0 bridgehead atoms. The lowest BCUT2D eigenvalue weighted by Crippen LogP contribution is -2.44. The smallest absolute Gasteiger partial charge is 0.220 e. The number of benzene rings is 1. The molecule has 0 unspecified atom stereocenters. The van der Waals surface area contributed by atoms with E-state index in [-0.39, 0.29) is 0 Å². The van der Waals surface area contributed by atoms with Crippen LogP contribution in [0, 0.1) is 0 Å². The Morgan fingerprint density at radius 1 is 0.960 bits per heavy atom. The minimum absolute atomic E-state index is 0.516. The second-order valence-electron chi connectivity index (χ2n) is 6.40. The Kier molecular flexibility index (Phi) is 5.14. The maximum absolute atomic E-state index is 11.7. The minimum atomic E-state index is 0.516. The lowest BCUT2D eigenvalue weighted by Gasteiger charge is -2.33. The highest BCUT2D eigenvalue weighted by Gasteiger charge is 2.18. The lowest BCUT2D eigenvalue weighted by molar-refractivity contribution is -0.106. The summed E-state index contributed by atoms with van der Waals surface area (Å²) < 4.78 is 0. The van der Waals surface area contributed by atoms with Crippen LogP contribution in [0.5, 0.6) is 0 Å². The molecule has 0 atom stereocenters. The van der Waals surface area contributed by atoms with Gasteiger partial charge in [0.1, 0.15) is 0 Å². The largest absolute Gasteiger partial charge is 0.376 e. The van der Waals surface area contributed by atoms with E-state index in [1.807, 2.05) is 55.4 Å². The quantitative estimate of drug-likeness (QED) is 0.771. The van der Waals surface area contributed by atoms with E-state index in [2.05, 4.69) is 27.0 Å². The molecule has 0 radical (unpaired) electrons. The van der Waals surface area contributed by atoms with E-state index < -0.39 is 0 Å². The highest BCUT2D eigenvalue weighted by Crippen LogP contribution is 2.31. The van der Waals surface area contributed by atoms with Gasteiger partial charge in [0.15, 0.2) is 11.6 Å². The molecule has 1 aromatic heterocycles. The van der Waals surface area contributed by atoms with E-state index in [4.69, 9.17) is 0 Å². The number of rotatable bonds is 5. The van der Waals surface area contributed by atoms with Gasteiger partial charge in [-0.25, -0.2) is 0 Å². The fraction of sp³-hybridized carbons (Fsp3) is 0.389. The van der Waals surface area contributed by atoms with Gasteiger partial charge in [0.05, 0.1) is 11.4 Å². The Labute approximate surface area is 148 Å². The highest BCUT2D eigenvalue weighted by molar-refractivity contribution is 5.90. The van der Waals surface area contributed by atoms with Crippen molar-refractivity contribution in [1.82, 2.24) is 15.1 Å². The normalized spacial score (nSPS) is 15.1. The van der Waals surface area contributed by atoms with Crippen molar-refractivity contribution in [2.24, 2.45) is 0 Å². The van der Waals surface area contributed by atoms with Crippen LogP contribution in [0.2, 0.25) is 0 Å². The van der Waals surface area contributed by atoms with E-state index in [0.717, 1.165) is 49.8 Å². The maximum Gasteiger partial charge on any atom is 0.220 e. The average molecular weight is 340 g/mol. The van der Waals surface area contributed by atoms with Crippen molar-refractivity contribution in [2.75, 3.05) is 62.0 Å². The fourth-order valence-electron chi connectivity index (χ4n) is 2.93. The van der Waals surface area contributed by atoms with E-state index in [1.165, 1.54) is 4.90 Å². The summed E-state index contributed by atoms with van der Waals surface area (Å²) >= 11 is 0. The summed E-state index contributed by atoms with van der Waals surface area (Å²) in [4.78, 5) is 19.7. The number of likely N-dealkylation sites (N-methyl/N-ethyl adjacent to an activating group) is 1. The second kappa shape index (κ2) is 7.48. The molecule has 1 saturated heterocycles. The Morgan fingerprint density at radius 3 is 2.20 bits per heavy atom. The Morgan fingerprint density at radius 2 is 1.64 bits per heavy atom. The number of piperazine rings is 1. The van der Waals surface area contributed by atoms with Gasteiger partial charge in [-0.1, -0.05) is 12.1 Å². The minimum Gasteiger partial charge on any atom is -0.376 e. The summed E-state index contributed by atoms with van der Waals surface area (Å²) in [6.45, 7) is 3.90. The predicted molar refractivity (Wildman–Crippen MR) is 101 cm³/mol. The summed E-state index contributed by atoms with van der Waals surface area (Å²) in [6, 6.07) is 11.5. The number of carbonyl (C=O) groups excluding carboxylic acids is 1. The van der Waals surface area contributed by atoms with Crippen LogP contribution in [-0.4, -0.2) is 68.8 Å². The number of para-hydroxylation sites is 2. The molecule has 1 fully saturated rings. The van der Waals surface area contributed by atoms with Crippen molar-refractivity contribution in [3.63, 3.8) is 0 Å². The monoisotopic (exact) mass is 340 g/mol. The van der Waals surface area contributed by atoms with Gasteiger partial charge >= 0.3 is 0 Å². The molecule has 25 heavy (non-hydrogen) atoms. The van der Waals surface area contributed by atoms with Crippen LogP contribution in [0.3, 0.4) is 0 Å². The number of hydrogen-bond acceptors (Lipinski definition) is 6. The summed E-state index contributed by atoms with van der Waals surface area (Å²) in [6.07, 6.45) is 0.780. The van der Waals surface area contributed by atoms with Crippen molar-refractivity contribution in [3.05, 3.63) is 36.4 Å². The number of amides is 1. The topological polar surface area (TPSA) is 55.8 Å². The Balaban J connectivity index is 1.84. The Bertz CT molecular complexity index is 710. The number of aromatic nitrogens is 2. The fourth-order valence-corrected chi connectivity index (χ4v) is 2.93. The van der Waals surface area contributed by atoms with Crippen molar-refractivity contribution >= 4 is 29.4 Å². The predicted octanol–water partition coefficient (Wildman–Crippen LogP) is 1.59. The van der Waals surface area contributed by atoms with Gasteiger partial charge in [-0.05, 0) is 31.3 Å². The third-order valence-corrected chi connectivity index (χ3v) is 4.44. The van der Waals surface area contributed by atoms with Gasteiger partial charge < -0.3 is 14.7 Å². The van der Waals surface area contributed by atoms with Crippen LogP contribution in [0.15, 0.2) is 36.4 Å². The molecule has 1 aliphatic heterocycles. The summed E-state index contributed by atoms with van der Waals surface area (Å²) in [7, 11) is 6.02. The number of carbonyl (C=O) groups is 1. The number of anilines is 4. The third kappa shape index (κ3) is 3.71. The molecule has 132 valence electrons. The molecule has 0 saturated carbocycles. The van der Waals surface area contributed by atoms with Gasteiger partial charge in [0.2, 0.25) is 6.41 Å². The van der Waals surface area contributed by atoms with Crippen LogP contribution in [0.1, 0.15) is 0 Å². The van der Waals surface area contributed by atoms with E-state index in [1.54, 1.807) is 0 Å². The zero-order valence-electron chi connectivity index (χ0n) is 15.0. The molecule has 2 heterocycles. The summed E-state index contributed by atoms with van der Waals surface area (Å²) in [5, 5.41) is 8.63. The van der Waals surface area contributed by atoms with Crippen molar-refractivity contribution < 1.29 is 4.79 Å². The number of nitrogens with zero attached hydrogens (tertiary/aromatic N) is 6. The molecule has 1 amide bonds. The molecule has 3 rings (SSSR count). The molecular formula is C18H24N6O. The van der Waals surface area contributed by atoms with Crippen LogP contribution < -0.4 is 14.7 Å². The molecule has 7 heteroatoms. The first-order valence-electron chi connectivity index (χ1n) is 8.38. The van der Waals surface area contributed by atoms with Crippen molar-refractivity contribution in [3.8, 4) is 0 Å². The molecule has 0 spiro atoms. The van der Waals surface area contributed by atoms with Crippen molar-refractivity contribution in [1.29, 1.82) is 0 Å². The molecule has 0 N–H and O–H groups in total. The molecule has 1 aliphatic rings. The van der Waals surface area contributed by atoms with Crippen LogP contribution in [0.4, 0.5) is 23.0 Å². The zero-order chi connectivity index (χ0) is 17.8. The molecule has 2 aromatic rings. The maximum atomic E-state index is 11.7. The first-order valence-corrected chi connectivity index (χ1v) is 8.38. The van der Waals surface area contributed by atoms with Gasteiger partial charge in [-0.2, -0.15) is 0 Å². The van der Waals surface area contributed by atoms with Crippen LogP contribution in [-0.2, 0) is 4.79 Å². The van der Waals surface area contributed by atoms with Gasteiger partial charge in [0, 0.05) is 40.3 Å². The summed E-state index contributed by atoms with van der Waals surface area (Å²) in [5.74, 6) is 1.37. The third-order valence-electron chi connectivity index (χ3n) is 4.44. The highest BCUT2D eigenvalue weighted by atomic mass is 16.1. The van der Waals surface area contributed by atoms with Crippen molar-refractivity contribution in [2.45, 2.75) is 0 Å². The van der Waals surface area contributed by atoms with E-state index in [9.17, 15) is 4.79 Å². The number of hydrogen-bond donors (Lipinski definition) is 0. The van der Waals surface area contributed by atoms with Gasteiger partial charge in [0.25, 0.3) is 0 Å². The van der Waals surface area contributed by atoms with E-state index in [0.29, 0.717) is 5.82 Å². The first kappa shape index (κ1) is 17.2. The molecule has 1 aromatic carbocycles. The SMILES string of the molecule is CN1CCN(c2ccc(N(C=O)c3ccccc3N(C)C)nn2)CC1. The van der Waals surface area contributed by atoms with Crippen LogP contribution >= 0.6 is 0 Å². The van der Waals surface area contributed by atoms with Gasteiger partial charge in [-0.15, -0.1) is 10.2 Å². The van der Waals surface area contributed by atoms with Gasteiger partial charge in [-0.3, -0.25) is 9.69 Å². The Hall–Kier alpha value is -2.67. The van der Waals surface area contributed by atoms with E-state index >= 15 is 0 Å².